The topological polar surface area (TPSA) is 46.9 Å². The average Bonchev–Trinajstić information content (AvgIpc) is 2.39. The van der Waals surface area contributed by atoms with Gasteiger partial charge in [-0.05, 0) is 20.3 Å². The molecule has 0 amide bonds. The molecule has 0 radical (unpaired) electrons. The Morgan fingerprint density at radius 1 is 1.15 bits per heavy atom. The fourth-order valence-electron chi connectivity index (χ4n) is 2.23. The number of unbranched alkanes of at least 4 members (excludes halogenated alkanes) is 6. The van der Waals surface area contributed by atoms with Crippen LogP contribution in [-0.4, -0.2) is 15.8 Å². The number of aryl methyl sites for hydroxylation is 1. The second kappa shape index (κ2) is 9.56. The zero-order chi connectivity index (χ0) is 14.8. The number of hydrogen-bond acceptors (Lipinski definition) is 3. The van der Waals surface area contributed by atoms with Gasteiger partial charge in [-0.15, -0.1) is 0 Å². The second-order valence-corrected chi connectivity index (χ2v) is 5.73. The molecule has 0 unspecified atom stereocenters. The molecule has 1 aromatic heterocycles. The molecule has 0 aromatic carbocycles. The quantitative estimate of drug-likeness (QED) is 0.662. The van der Waals surface area contributed by atoms with Crippen molar-refractivity contribution in [3.05, 3.63) is 22.6 Å². The summed E-state index contributed by atoms with van der Waals surface area (Å²) in [5, 5.41) is 7.41. The fraction of sp³-hybridized carbons (Fsp3) is 0.750. The van der Waals surface area contributed by atoms with Gasteiger partial charge >= 0.3 is 0 Å². The highest BCUT2D eigenvalue weighted by atomic mass is 16.1. The lowest BCUT2D eigenvalue weighted by Gasteiger charge is -2.10. The molecule has 20 heavy (non-hydrogen) atoms. The van der Waals surface area contributed by atoms with Crippen molar-refractivity contribution in [2.75, 3.05) is 5.32 Å². The maximum Gasteiger partial charge on any atom is 0.268 e. The maximum absolute atomic E-state index is 11.9. The van der Waals surface area contributed by atoms with Gasteiger partial charge in [-0.2, -0.15) is 5.10 Å². The van der Waals surface area contributed by atoms with Gasteiger partial charge in [0.25, 0.3) is 5.56 Å². The molecule has 1 heterocycles. The van der Waals surface area contributed by atoms with Crippen molar-refractivity contribution >= 4 is 5.69 Å². The highest BCUT2D eigenvalue weighted by Crippen LogP contribution is 2.07. The summed E-state index contributed by atoms with van der Waals surface area (Å²) < 4.78 is 1.57. The third-order valence-electron chi connectivity index (χ3n) is 3.30. The van der Waals surface area contributed by atoms with E-state index in [2.05, 4.69) is 17.3 Å². The fourth-order valence-corrected chi connectivity index (χ4v) is 2.23. The van der Waals surface area contributed by atoms with Crippen LogP contribution in [0.3, 0.4) is 0 Å². The molecule has 4 heteroatoms. The van der Waals surface area contributed by atoms with E-state index in [0.717, 1.165) is 18.7 Å². The van der Waals surface area contributed by atoms with Gasteiger partial charge in [0.05, 0.1) is 11.9 Å². The van der Waals surface area contributed by atoms with E-state index in [1.54, 1.807) is 16.9 Å². The van der Waals surface area contributed by atoms with Gasteiger partial charge in [0, 0.05) is 18.7 Å². The van der Waals surface area contributed by atoms with Crippen LogP contribution in [0.2, 0.25) is 0 Å². The summed E-state index contributed by atoms with van der Waals surface area (Å²) in [5.41, 5.74) is 0.794. The van der Waals surface area contributed by atoms with Crippen molar-refractivity contribution in [3.63, 3.8) is 0 Å². The van der Waals surface area contributed by atoms with Gasteiger partial charge in [0.2, 0.25) is 0 Å². The van der Waals surface area contributed by atoms with Crippen molar-refractivity contribution in [3.8, 4) is 0 Å². The zero-order valence-corrected chi connectivity index (χ0v) is 13.2. The van der Waals surface area contributed by atoms with Crippen molar-refractivity contribution in [2.45, 2.75) is 78.3 Å². The predicted molar refractivity (Wildman–Crippen MR) is 85.2 cm³/mol. The van der Waals surface area contributed by atoms with Crippen molar-refractivity contribution in [1.82, 2.24) is 9.78 Å². The van der Waals surface area contributed by atoms with E-state index >= 15 is 0 Å². The summed E-state index contributed by atoms with van der Waals surface area (Å²) in [4.78, 5) is 11.9. The summed E-state index contributed by atoms with van der Waals surface area (Å²) in [6.07, 6.45) is 10.5. The van der Waals surface area contributed by atoms with Crippen LogP contribution < -0.4 is 10.9 Å². The number of nitrogens with one attached hydrogen (secondary N) is 1. The third kappa shape index (κ3) is 6.73. The minimum atomic E-state index is -0.0124. The van der Waals surface area contributed by atoms with Gasteiger partial charge in [-0.25, -0.2) is 4.68 Å². The number of nitrogens with zero attached hydrogens (tertiary/aromatic N) is 2. The molecule has 0 aliphatic rings. The number of aromatic nitrogens is 2. The molecule has 0 bridgehead atoms. The van der Waals surface area contributed by atoms with Crippen molar-refractivity contribution in [1.29, 1.82) is 0 Å². The van der Waals surface area contributed by atoms with Gasteiger partial charge in [-0.3, -0.25) is 4.79 Å². The Morgan fingerprint density at radius 3 is 2.40 bits per heavy atom. The molecule has 114 valence electrons. The van der Waals surface area contributed by atoms with E-state index in [0.29, 0.717) is 6.04 Å². The van der Waals surface area contributed by atoms with Crippen molar-refractivity contribution < 1.29 is 0 Å². The van der Waals surface area contributed by atoms with E-state index in [-0.39, 0.29) is 5.56 Å². The largest absolute Gasteiger partial charge is 0.381 e. The van der Waals surface area contributed by atoms with Crippen LogP contribution in [-0.2, 0) is 6.54 Å². The molecule has 1 aromatic rings. The Kier molecular flexibility index (Phi) is 8.00. The van der Waals surface area contributed by atoms with Crippen LogP contribution in [0.25, 0.3) is 0 Å². The smallest absolute Gasteiger partial charge is 0.268 e. The van der Waals surface area contributed by atoms with Crippen LogP contribution in [0.1, 0.15) is 65.7 Å². The molecule has 1 N–H and O–H groups in total. The van der Waals surface area contributed by atoms with E-state index < -0.39 is 0 Å². The van der Waals surface area contributed by atoms with Crippen LogP contribution in [0.15, 0.2) is 17.1 Å². The molecule has 0 atom stereocenters. The minimum Gasteiger partial charge on any atom is -0.381 e. The Balaban J connectivity index is 2.28. The lowest BCUT2D eigenvalue weighted by molar-refractivity contribution is 0.506. The van der Waals surface area contributed by atoms with Gasteiger partial charge in [0.15, 0.2) is 0 Å². The van der Waals surface area contributed by atoms with E-state index in [1.807, 2.05) is 13.8 Å². The first-order chi connectivity index (χ1) is 9.63. The van der Waals surface area contributed by atoms with Crippen molar-refractivity contribution in [2.24, 2.45) is 0 Å². The lowest BCUT2D eigenvalue weighted by atomic mass is 10.1. The van der Waals surface area contributed by atoms with E-state index in [4.69, 9.17) is 0 Å². The molecule has 0 fully saturated rings. The second-order valence-electron chi connectivity index (χ2n) is 5.73. The molecule has 1 rings (SSSR count). The number of rotatable bonds is 10. The Bertz CT molecular complexity index is 426. The molecule has 0 aliphatic heterocycles. The monoisotopic (exact) mass is 279 g/mol. The maximum atomic E-state index is 11.9. The van der Waals surface area contributed by atoms with Crippen LogP contribution in [0.5, 0.6) is 0 Å². The average molecular weight is 279 g/mol. The highest BCUT2D eigenvalue weighted by Gasteiger charge is 2.01. The first-order valence-electron chi connectivity index (χ1n) is 7.97. The van der Waals surface area contributed by atoms with Gasteiger partial charge < -0.3 is 5.32 Å². The molecule has 4 nitrogen and oxygen atoms in total. The van der Waals surface area contributed by atoms with Gasteiger partial charge in [-0.1, -0.05) is 45.4 Å². The van der Waals surface area contributed by atoms with E-state index in [1.165, 1.54) is 38.5 Å². The molecule has 0 aliphatic carbocycles. The first kappa shape index (κ1) is 16.7. The standard InChI is InChI=1S/C16H29N3O/c1-4-5-6-7-8-9-10-11-19-16(20)12-15(13-17-19)18-14(2)3/h12-14,18H,4-11H2,1-3H3. The Labute approximate surface area is 122 Å². The summed E-state index contributed by atoms with van der Waals surface area (Å²) in [5.74, 6) is 0. The SMILES string of the molecule is CCCCCCCCCn1ncc(NC(C)C)cc1=O. The summed E-state index contributed by atoms with van der Waals surface area (Å²) in [7, 11) is 0. The van der Waals surface area contributed by atoms with Crippen LogP contribution >= 0.6 is 0 Å². The summed E-state index contributed by atoms with van der Waals surface area (Å²) >= 11 is 0. The third-order valence-corrected chi connectivity index (χ3v) is 3.30. The Morgan fingerprint density at radius 2 is 1.80 bits per heavy atom. The summed E-state index contributed by atoms with van der Waals surface area (Å²) in [6, 6.07) is 1.95. The molecule has 0 saturated heterocycles. The van der Waals surface area contributed by atoms with Crippen LogP contribution in [0.4, 0.5) is 5.69 Å². The summed E-state index contributed by atoms with van der Waals surface area (Å²) in [6.45, 7) is 7.05. The predicted octanol–water partition coefficient (Wildman–Crippen LogP) is 3.81. The lowest BCUT2D eigenvalue weighted by Crippen LogP contribution is -2.23. The molecular weight excluding hydrogens is 250 g/mol. The van der Waals surface area contributed by atoms with Crippen LogP contribution in [0, 0.1) is 0 Å². The zero-order valence-electron chi connectivity index (χ0n) is 13.2. The first-order valence-corrected chi connectivity index (χ1v) is 7.97. The highest BCUT2D eigenvalue weighted by molar-refractivity contribution is 5.39. The molecule has 0 spiro atoms. The Hall–Kier alpha value is -1.32. The number of anilines is 1. The minimum absolute atomic E-state index is 0.0124. The normalized spacial score (nSPS) is 11.0. The van der Waals surface area contributed by atoms with E-state index in [9.17, 15) is 4.79 Å². The molecule has 0 saturated carbocycles. The number of hydrogen-bond donors (Lipinski definition) is 1. The van der Waals surface area contributed by atoms with Gasteiger partial charge in [0.1, 0.15) is 0 Å². The molecular formula is C16H29N3O.